The van der Waals surface area contributed by atoms with Crippen molar-refractivity contribution in [3.05, 3.63) is 0 Å². The highest BCUT2D eigenvalue weighted by molar-refractivity contribution is 7.92. The van der Waals surface area contributed by atoms with Crippen molar-refractivity contribution in [2.45, 2.75) is 179 Å². The number of hydrogen-bond acceptors (Lipinski definition) is 7. The standard InChI is InChI=1S/C40H65N5O7S/c1-37(2,3)53(51,52)24-40(21-11-8-12-22-40)44-36(50)43-32(39(6)19-9-7-10-20-39)35(49)45-23-27-29(38(27,4)5)30(45)33(47)42-28(18-15-25-13-14-25)31(46)34(48)41-26-16-17-26/h25-30,32H,7-24H2,1-6H3,(H,41,48)(H,42,47)(H2,43,44,50)/t27-,28-,29-,30?,32+/m0/s1. The first-order chi connectivity index (χ1) is 24.8. The van der Waals surface area contributed by atoms with Crippen molar-refractivity contribution in [1.82, 2.24) is 26.2 Å². The summed E-state index contributed by atoms with van der Waals surface area (Å²) in [5.74, 6) is -1.74. The molecule has 1 saturated heterocycles. The van der Waals surface area contributed by atoms with Gasteiger partial charge in [-0.1, -0.05) is 72.1 Å². The minimum Gasteiger partial charge on any atom is -0.347 e. The summed E-state index contributed by atoms with van der Waals surface area (Å²) in [7, 11) is -3.56. The number of hydrogen-bond donors (Lipinski definition) is 4. The van der Waals surface area contributed by atoms with E-state index in [1.165, 1.54) is 0 Å². The van der Waals surface area contributed by atoms with Gasteiger partial charge in [-0.3, -0.25) is 19.2 Å². The summed E-state index contributed by atoms with van der Waals surface area (Å²) in [5.41, 5.74) is -1.70. The number of likely N-dealkylation sites (tertiary alicyclic amines) is 1. The van der Waals surface area contributed by atoms with Gasteiger partial charge in [0.25, 0.3) is 5.91 Å². The molecule has 0 bridgehead atoms. The maximum atomic E-state index is 15.0. The molecule has 0 aromatic rings. The van der Waals surface area contributed by atoms with E-state index < -0.39 is 67.3 Å². The molecular weight excluding hydrogens is 695 g/mol. The molecule has 1 unspecified atom stereocenters. The van der Waals surface area contributed by atoms with Gasteiger partial charge in [-0.25, -0.2) is 13.2 Å². The number of nitrogens with zero attached hydrogens (tertiary/aromatic N) is 1. The first-order valence-corrected chi connectivity index (χ1v) is 22.2. The van der Waals surface area contributed by atoms with E-state index in [-0.39, 0.29) is 35.0 Å². The molecule has 6 aliphatic rings. The van der Waals surface area contributed by atoms with Gasteiger partial charge >= 0.3 is 6.03 Å². The third-order valence-electron chi connectivity index (χ3n) is 13.9. The van der Waals surface area contributed by atoms with E-state index in [9.17, 15) is 32.4 Å². The third-order valence-corrected chi connectivity index (χ3v) is 16.7. The van der Waals surface area contributed by atoms with Crippen molar-refractivity contribution in [2.75, 3.05) is 12.3 Å². The fourth-order valence-electron chi connectivity index (χ4n) is 9.66. The Hall–Kier alpha value is -2.70. The minimum atomic E-state index is -3.56. The lowest BCUT2D eigenvalue weighted by Gasteiger charge is -2.44. The van der Waals surface area contributed by atoms with Gasteiger partial charge in [-0.2, -0.15) is 0 Å². The van der Waals surface area contributed by atoms with Crippen LogP contribution in [0, 0.1) is 28.6 Å². The molecule has 12 nitrogen and oxygen atoms in total. The van der Waals surface area contributed by atoms with E-state index in [0.717, 1.165) is 83.5 Å². The van der Waals surface area contributed by atoms with Crippen LogP contribution in [0.3, 0.4) is 0 Å². The first kappa shape index (κ1) is 40.0. The van der Waals surface area contributed by atoms with Crippen LogP contribution in [-0.2, 0) is 29.0 Å². The second-order valence-electron chi connectivity index (χ2n) is 19.5. The Morgan fingerprint density at radius 1 is 0.830 bits per heavy atom. The minimum absolute atomic E-state index is 0.0147. The summed E-state index contributed by atoms with van der Waals surface area (Å²) in [5, 5.41) is 11.9. The molecule has 53 heavy (non-hydrogen) atoms. The number of carbonyl (C=O) groups is 5. The quantitative estimate of drug-likeness (QED) is 0.188. The van der Waals surface area contributed by atoms with Gasteiger partial charge in [0.1, 0.15) is 12.1 Å². The molecule has 0 aromatic heterocycles. The molecule has 6 rings (SSSR count). The van der Waals surface area contributed by atoms with Crippen molar-refractivity contribution in [1.29, 1.82) is 0 Å². The smallest absolute Gasteiger partial charge is 0.315 e. The van der Waals surface area contributed by atoms with Gasteiger partial charge < -0.3 is 26.2 Å². The normalized spacial score (nSPS) is 28.5. The topological polar surface area (TPSA) is 171 Å². The Balaban J connectivity index is 1.23. The fraction of sp³-hybridized carbons (Fsp3) is 0.875. The molecule has 5 atom stereocenters. The van der Waals surface area contributed by atoms with Crippen LogP contribution in [0.1, 0.15) is 144 Å². The molecule has 5 aliphatic carbocycles. The van der Waals surface area contributed by atoms with Crippen molar-refractivity contribution in [3.8, 4) is 0 Å². The molecule has 0 spiro atoms. The fourth-order valence-corrected chi connectivity index (χ4v) is 11.2. The average molecular weight is 760 g/mol. The maximum absolute atomic E-state index is 15.0. The lowest BCUT2D eigenvalue weighted by Crippen LogP contribution is -2.65. The second kappa shape index (κ2) is 14.8. The summed E-state index contributed by atoms with van der Waals surface area (Å²) >= 11 is 0. The van der Waals surface area contributed by atoms with Crippen molar-refractivity contribution in [2.24, 2.45) is 28.6 Å². The summed E-state index contributed by atoms with van der Waals surface area (Å²) < 4.78 is 26.0. The van der Waals surface area contributed by atoms with Crippen LogP contribution in [0.15, 0.2) is 0 Å². The van der Waals surface area contributed by atoms with Gasteiger partial charge in [0.05, 0.1) is 22.1 Å². The zero-order chi connectivity index (χ0) is 38.6. The Morgan fingerprint density at radius 2 is 1.43 bits per heavy atom. The Labute approximate surface area is 316 Å². The molecule has 1 heterocycles. The SMILES string of the molecule is CC1([C@H](NC(=O)NC2(CS(=O)(=O)C(C)(C)C)CCCCC2)C(=O)N2C[C@H]3[C@@H](C2C(=O)N[C@@H](CCC2CC2)C(=O)C(=O)NC2CC2)C3(C)C)CCCCC1. The number of sulfone groups is 1. The molecule has 5 amide bonds. The number of fused-ring (bicyclic) bond motifs is 1. The lowest BCUT2D eigenvalue weighted by atomic mass is 9.70. The molecule has 6 fully saturated rings. The van der Waals surface area contributed by atoms with Crippen LogP contribution >= 0.6 is 0 Å². The number of rotatable bonds is 14. The molecule has 298 valence electrons. The largest absolute Gasteiger partial charge is 0.347 e. The molecule has 1 aliphatic heterocycles. The van der Waals surface area contributed by atoms with Crippen molar-refractivity contribution >= 4 is 39.4 Å². The highest BCUT2D eigenvalue weighted by Crippen LogP contribution is 2.65. The van der Waals surface area contributed by atoms with Gasteiger partial charge in [0.2, 0.25) is 17.6 Å². The number of amides is 5. The van der Waals surface area contributed by atoms with E-state index in [2.05, 4.69) is 35.1 Å². The van der Waals surface area contributed by atoms with E-state index >= 15 is 0 Å². The predicted octanol–water partition coefficient (Wildman–Crippen LogP) is 4.55. The number of Topliss-reactive ketones (excluding diaryl/α,β-unsaturated/α-hetero) is 1. The molecule has 5 saturated carbocycles. The number of urea groups is 1. The summed E-state index contributed by atoms with van der Waals surface area (Å²) in [6.45, 7) is 11.6. The average Bonchev–Trinajstić information content (AvgIpc) is 4.04. The van der Waals surface area contributed by atoms with Gasteiger partial charge in [-0.05, 0) is 101 Å². The zero-order valence-electron chi connectivity index (χ0n) is 33.0. The summed E-state index contributed by atoms with van der Waals surface area (Å²) in [6.07, 6.45) is 12.9. The Kier molecular flexibility index (Phi) is 11.1. The maximum Gasteiger partial charge on any atom is 0.315 e. The van der Waals surface area contributed by atoms with E-state index in [4.69, 9.17) is 0 Å². The highest BCUT2D eigenvalue weighted by Gasteiger charge is 2.70. The van der Waals surface area contributed by atoms with Crippen LogP contribution in [0.25, 0.3) is 0 Å². The van der Waals surface area contributed by atoms with Crippen LogP contribution in [0.2, 0.25) is 0 Å². The second-order valence-corrected chi connectivity index (χ2v) is 22.3. The van der Waals surface area contributed by atoms with Crippen molar-refractivity contribution in [3.63, 3.8) is 0 Å². The van der Waals surface area contributed by atoms with Crippen LogP contribution < -0.4 is 21.3 Å². The number of piperidine rings is 1. The molecule has 0 radical (unpaired) electrons. The van der Waals surface area contributed by atoms with Gasteiger partial charge in [0, 0.05) is 12.6 Å². The van der Waals surface area contributed by atoms with Gasteiger partial charge in [-0.15, -0.1) is 0 Å². The van der Waals surface area contributed by atoms with Crippen LogP contribution in [0.4, 0.5) is 4.79 Å². The van der Waals surface area contributed by atoms with E-state index in [1.807, 2.05) is 6.92 Å². The monoisotopic (exact) mass is 759 g/mol. The van der Waals surface area contributed by atoms with E-state index in [1.54, 1.807) is 25.7 Å². The molecule has 0 aromatic carbocycles. The third kappa shape index (κ3) is 8.75. The van der Waals surface area contributed by atoms with Crippen LogP contribution in [-0.4, -0.2) is 89.6 Å². The molecule has 4 N–H and O–H groups in total. The Bertz CT molecular complexity index is 1550. The van der Waals surface area contributed by atoms with E-state index in [0.29, 0.717) is 31.7 Å². The molecule has 13 heteroatoms. The number of carbonyl (C=O) groups excluding carboxylic acids is 5. The first-order valence-electron chi connectivity index (χ1n) is 20.5. The molecular formula is C40H65N5O7S. The van der Waals surface area contributed by atoms with Crippen molar-refractivity contribution < 1.29 is 32.4 Å². The number of ketones is 1. The van der Waals surface area contributed by atoms with Gasteiger partial charge in [0.15, 0.2) is 9.84 Å². The lowest BCUT2D eigenvalue weighted by molar-refractivity contribution is -0.146. The highest BCUT2D eigenvalue weighted by atomic mass is 32.2. The number of nitrogens with one attached hydrogen (secondary N) is 4. The summed E-state index contributed by atoms with van der Waals surface area (Å²) in [6, 6.07) is -3.28. The van der Waals surface area contributed by atoms with Crippen LogP contribution in [0.5, 0.6) is 0 Å². The predicted molar refractivity (Wildman–Crippen MR) is 202 cm³/mol. The summed E-state index contributed by atoms with van der Waals surface area (Å²) in [4.78, 5) is 71.4. The Morgan fingerprint density at radius 3 is 2.00 bits per heavy atom. The zero-order valence-corrected chi connectivity index (χ0v) is 33.8.